The number of likely N-dealkylation sites (tertiary alicyclic amines) is 1. The molecule has 0 saturated carbocycles. The monoisotopic (exact) mass is 475 g/mol. The summed E-state index contributed by atoms with van der Waals surface area (Å²) in [6.07, 6.45) is 4.07. The summed E-state index contributed by atoms with van der Waals surface area (Å²) in [5.41, 5.74) is 6.19. The zero-order valence-electron chi connectivity index (χ0n) is 20.0. The van der Waals surface area contributed by atoms with Gasteiger partial charge in [0.05, 0.1) is 16.6 Å². The van der Waals surface area contributed by atoms with E-state index in [1.807, 2.05) is 40.9 Å². The van der Waals surface area contributed by atoms with Gasteiger partial charge in [0.2, 0.25) is 5.91 Å². The van der Waals surface area contributed by atoms with Gasteiger partial charge < -0.3 is 10.2 Å². The zero-order chi connectivity index (χ0) is 24.3. The van der Waals surface area contributed by atoms with Crippen LogP contribution in [0.1, 0.15) is 29.8 Å². The predicted molar refractivity (Wildman–Crippen MR) is 138 cm³/mol. The van der Waals surface area contributed by atoms with Gasteiger partial charge >= 0.3 is 0 Å². The number of pyridine rings is 1. The minimum Gasteiger partial charge on any atom is -0.325 e. The van der Waals surface area contributed by atoms with E-state index in [9.17, 15) is 4.79 Å². The van der Waals surface area contributed by atoms with Crippen LogP contribution in [0.2, 0.25) is 0 Å². The molecule has 1 N–H and O–H groups in total. The van der Waals surface area contributed by atoms with Crippen LogP contribution in [0.25, 0.3) is 27.8 Å². The van der Waals surface area contributed by atoms with E-state index in [-0.39, 0.29) is 5.91 Å². The van der Waals surface area contributed by atoms with Gasteiger partial charge in [0.15, 0.2) is 11.5 Å². The van der Waals surface area contributed by atoms with Crippen LogP contribution in [-0.4, -0.2) is 55.7 Å². The largest absolute Gasteiger partial charge is 0.325 e. The number of carbonyl (C=O) groups excluding carboxylic acids is 1. The number of benzene rings is 2. The maximum Gasteiger partial charge on any atom is 0.235 e. The summed E-state index contributed by atoms with van der Waals surface area (Å²) in [4.78, 5) is 19.7. The van der Waals surface area contributed by atoms with Gasteiger partial charge in [0, 0.05) is 29.3 Å². The van der Waals surface area contributed by atoms with Crippen molar-refractivity contribution in [1.29, 1.82) is 0 Å². The van der Waals surface area contributed by atoms with Gasteiger partial charge in [0.1, 0.15) is 0 Å². The van der Waals surface area contributed by atoms with E-state index in [1.165, 1.54) is 0 Å². The van der Waals surface area contributed by atoms with Crippen molar-refractivity contribution in [2.45, 2.75) is 24.7 Å². The molecular weight excluding hydrogens is 450 g/mol. The number of aromatic nitrogens is 5. The molecule has 1 amide bonds. The Balaban J connectivity index is 1.25. The number of fused-ring (bicyclic) bond motifs is 4. The summed E-state index contributed by atoms with van der Waals surface area (Å²) < 4.78 is 1.82. The van der Waals surface area contributed by atoms with E-state index in [1.54, 1.807) is 6.20 Å². The molecule has 2 aliphatic heterocycles. The molecule has 2 aliphatic rings. The number of rotatable bonds is 3. The molecule has 5 aromatic rings. The Kier molecular flexibility index (Phi) is 4.65. The normalized spacial score (nSPS) is 17.1. The van der Waals surface area contributed by atoms with Crippen LogP contribution in [0.5, 0.6) is 0 Å². The highest BCUT2D eigenvalue weighted by molar-refractivity contribution is 6.06. The van der Waals surface area contributed by atoms with Crippen molar-refractivity contribution < 1.29 is 4.79 Å². The lowest BCUT2D eigenvalue weighted by Crippen LogP contribution is -2.45. The molecule has 1 fully saturated rings. The van der Waals surface area contributed by atoms with Crippen LogP contribution in [0.15, 0.2) is 66.9 Å². The Morgan fingerprint density at radius 3 is 2.78 bits per heavy atom. The summed E-state index contributed by atoms with van der Waals surface area (Å²) in [6.45, 7) is 1.83. The number of piperidine rings is 1. The summed E-state index contributed by atoms with van der Waals surface area (Å²) in [5.74, 6) is 0.901. The Bertz CT molecular complexity index is 1650. The van der Waals surface area contributed by atoms with Gasteiger partial charge in [-0.3, -0.25) is 9.78 Å². The van der Waals surface area contributed by atoms with Crippen molar-refractivity contribution in [3.63, 3.8) is 0 Å². The molecule has 0 atom stereocenters. The third-order valence-corrected chi connectivity index (χ3v) is 7.71. The average Bonchev–Trinajstić information content (AvgIpc) is 3.43. The lowest BCUT2D eigenvalue weighted by molar-refractivity contribution is -0.122. The Hall–Kier alpha value is -4.17. The van der Waals surface area contributed by atoms with Crippen LogP contribution >= 0.6 is 0 Å². The second-order valence-corrected chi connectivity index (χ2v) is 9.91. The van der Waals surface area contributed by atoms with Crippen LogP contribution in [0, 0.1) is 0 Å². The minimum atomic E-state index is -0.450. The molecular formula is C28H25N7O. The lowest BCUT2D eigenvalue weighted by atomic mass is 9.73. The fourth-order valence-electron chi connectivity index (χ4n) is 5.58. The van der Waals surface area contributed by atoms with Crippen LogP contribution in [-0.2, 0) is 16.6 Å². The highest BCUT2D eigenvalue weighted by atomic mass is 16.2. The average molecular weight is 476 g/mol. The van der Waals surface area contributed by atoms with Crippen LogP contribution < -0.4 is 5.32 Å². The van der Waals surface area contributed by atoms with E-state index in [2.05, 4.69) is 56.7 Å². The first kappa shape index (κ1) is 21.1. The van der Waals surface area contributed by atoms with Gasteiger partial charge in [-0.05, 0) is 86.6 Å². The number of nitrogens with zero attached hydrogens (tertiary/aromatic N) is 6. The molecule has 0 bridgehead atoms. The summed E-state index contributed by atoms with van der Waals surface area (Å²) >= 11 is 0. The van der Waals surface area contributed by atoms with Crippen molar-refractivity contribution in [3.8, 4) is 11.3 Å². The third kappa shape index (κ3) is 3.29. The number of amides is 1. The Morgan fingerprint density at radius 2 is 1.89 bits per heavy atom. The first-order valence-electron chi connectivity index (χ1n) is 12.3. The number of carbonyl (C=O) groups is 1. The summed E-state index contributed by atoms with van der Waals surface area (Å²) in [7, 11) is 2.11. The fraction of sp³-hybridized carbons (Fsp3) is 0.250. The highest BCUT2D eigenvalue weighted by Gasteiger charge is 2.48. The second-order valence-electron chi connectivity index (χ2n) is 9.91. The van der Waals surface area contributed by atoms with E-state index >= 15 is 0 Å². The molecule has 5 heterocycles. The summed E-state index contributed by atoms with van der Waals surface area (Å²) in [6, 6.07) is 20.4. The number of anilines is 1. The van der Waals surface area contributed by atoms with Crippen molar-refractivity contribution in [2.75, 3.05) is 25.5 Å². The maximum absolute atomic E-state index is 13.0. The van der Waals surface area contributed by atoms with Gasteiger partial charge in [0.25, 0.3) is 0 Å². The quantitative estimate of drug-likeness (QED) is 0.427. The maximum atomic E-state index is 13.0. The van der Waals surface area contributed by atoms with E-state index in [0.29, 0.717) is 12.1 Å². The Labute approximate surface area is 208 Å². The first-order valence-corrected chi connectivity index (χ1v) is 12.3. The van der Waals surface area contributed by atoms with Gasteiger partial charge in [-0.1, -0.05) is 18.2 Å². The van der Waals surface area contributed by atoms with Gasteiger partial charge in [-0.15, -0.1) is 10.2 Å². The molecule has 0 aliphatic carbocycles. The molecule has 178 valence electrons. The van der Waals surface area contributed by atoms with E-state index in [0.717, 1.165) is 70.7 Å². The smallest absolute Gasteiger partial charge is 0.235 e. The molecule has 8 nitrogen and oxygen atoms in total. The fourth-order valence-corrected chi connectivity index (χ4v) is 5.58. The molecule has 1 spiro atoms. The molecule has 0 unspecified atom stereocenters. The highest BCUT2D eigenvalue weighted by Crippen LogP contribution is 2.46. The number of nitrogens with one attached hydrogen (secondary N) is 1. The topological polar surface area (TPSA) is 88.3 Å². The molecule has 2 aromatic carbocycles. The molecule has 8 heteroatoms. The lowest BCUT2D eigenvalue weighted by Gasteiger charge is -2.36. The predicted octanol–water partition coefficient (Wildman–Crippen LogP) is 3.85. The molecule has 0 radical (unpaired) electrons. The minimum absolute atomic E-state index is 0.123. The van der Waals surface area contributed by atoms with Crippen LogP contribution in [0.4, 0.5) is 5.69 Å². The standard InChI is InChI=1S/C28H25N7O/c1-34-13-10-28(11-14-34)21-17-20(5-7-24(21)30-27(28)36)23-8-9-25-31-32-26(35(25)33-23)16-18-4-6-22-19(15-18)3-2-12-29-22/h2-9,12,15,17H,10-11,13-14,16H2,1H3,(H,30,36). The van der Waals surface area contributed by atoms with E-state index < -0.39 is 5.41 Å². The second kappa shape index (κ2) is 7.93. The third-order valence-electron chi connectivity index (χ3n) is 7.71. The van der Waals surface area contributed by atoms with Crippen molar-refractivity contribution >= 4 is 28.1 Å². The molecule has 36 heavy (non-hydrogen) atoms. The van der Waals surface area contributed by atoms with Crippen molar-refractivity contribution in [3.05, 3.63) is 83.8 Å². The van der Waals surface area contributed by atoms with Gasteiger partial charge in [-0.2, -0.15) is 9.61 Å². The summed E-state index contributed by atoms with van der Waals surface area (Å²) in [5, 5.41) is 17.9. The van der Waals surface area contributed by atoms with Crippen molar-refractivity contribution in [1.82, 2.24) is 29.7 Å². The first-order chi connectivity index (χ1) is 17.6. The van der Waals surface area contributed by atoms with Gasteiger partial charge in [-0.25, -0.2) is 0 Å². The Morgan fingerprint density at radius 1 is 1.00 bits per heavy atom. The number of hydrogen-bond acceptors (Lipinski definition) is 6. The molecule has 3 aromatic heterocycles. The molecule has 7 rings (SSSR count). The van der Waals surface area contributed by atoms with Crippen molar-refractivity contribution in [2.24, 2.45) is 0 Å². The zero-order valence-corrected chi connectivity index (χ0v) is 20.0. The number of hydrogen-bond donors (Lipinski definition) is 1. The molecule has 1 saturated heterocycles. The van der Waals surface area contributed by atoms with Crippen LogP contribution in [0.3, 0.4) is 0 Å². The SMILES string of the molecule is CN1CCC2(CC1)C(=O)Nc1ccc(-c3ccc4nnc(Cc5ccc6ncccc6c5)n4n3)cc12. The van der Waals surface area contributed by atoms with E-state index in [4.69, 9.17) is 5.10 Å².